The molecule has 0 unspecified atom stereocenters. The molecule has 0 rings (SSSR count). The average molecular weight is 394 g/mol. The molecule has 0 aliphatic heterocycles. The largest absolute Gasteiger partial charge is 0.550 e. The van der Waals surface area contributed by atoms with E-state index in [1.807, 2.05) is 33.3 Å². The normalized spacial score (nSPS) is 13.6. The summed E-state index contributed by atoms with van der Waals surface area (Å²) in [6, 6.07) is 0. The van der Waals surface area contributed by atoms with Crippen molar-refractivity contribution in [3.8, 4) is 0 Å². The van der Waals surface area contributed by atoms with Gasteiger partial charge in [0.25, 0.3) is 0 Å². The first kappa shape index (κ1) is 26.1. The van der Waals surface area contributed by atoms with Gasteiger partial charge in [-0.25, -0.2) is 0 Å². The number of carboxylic acids is 1. The van der Waals surface area contributed by atoms with Gasteiger partial charge >= 0.3 is 5.97 Å². The molecule has 0 aromatic rings. The highest BCUT2D eigenvalue weighted by molar-refractivity contribution is 5.71. The van der Waals surface area contributed by atoms with E-state index in [1.54, 1.807) is 0 Å². The zero-order chi connectivity index (χ0) is 21.3. The van der Waals surface area contributed by atoms with E-state index in [-0.39, 0.29) is 18.8 Å². The minimum atomic E-state index is -1.20. The minimum Gasteiger partial charge on any atom is -0.550 e. The number of likely N-dealkylation sites (N-methyl/N-ethyl adjacent to an activating group) is 1. The molecule has 0 fully saturated rings. The summed E-state index contributed by atoms with van der Waals surface area (Å²) >= 11 is 0. The Labute approximate surface area is 171 Å². The Morgan fingerprint density at radius 1 is 0.929 bits per heavy atom. The van der Waals surface area contributed by atoms with E-state index < -0.39 is 12.1 Å². The zero-order valence-electron chi connectivity index (χ0n) is 18.2. The number of carbonyl (C=O) groups is 2. The highest BCUT2D eigenvalue weighted by Crippen LogP contribution is 2.07. The molecule has 0 aliphatic carbocycles. The van der Waals surface area contributed by atoms with Crippen LogP contribution in [0.5, 0.6) is 0 Å². The fourth-order valence-corrected chi connectivity index (χ4v) is 2.68. The molecule has 0 spiro atoms. The summed E-state index contributed by atoms with van der Waals surface area (Å²) in [6.07, 6.45) is 19.4. The third kappa shape index (κ3) is 18.9. The van der Waals surface area contributed by atoms with E-state index in [0.717, 1.165) is 19.3 Å². The Kier molecular flexibility index (Phi) is 15.0. The summed E-state index contributed by atoms with van der Waals surface area (Å²) in [5.41, 5.74) is 0. The second-order valence-electron chi connectivity index (χ2n) is 8.08. The molecule has 0 aromatic heterocycles. The second-order valence-corrected chi connectivity index (χ2v) is 8.08. The number of ether oxygens (including phenoxy) is 1. The lowest BCUT2D eigenvalue weighted by Crippen LogP contribution is -2.45. The van der Waals surface area contributed by atoms with E-state index in [9.17, 15) is 14.7 Å². The van der Waals surface area contributed by atoms with Gasteiger partial charge < -0.3 is 19.1 Å². The van der Waals surface area contributed by atoms with Crippen LogP contribution < -0.4 is 5.11 Å². The molecular formula is C23H39NO4. The number of carboxylic acid groups (broad SMARTS) is 1. The van der Waals surface area contributed by atoms with Crippen LogP contribution in [0, 0.1) is 0 Å². The third-order valence-electron chi connectivity index (χ3n) is 3.98. The molecule has 0 aliphatic rings. The van der Waals surface area contributed by atoms with Crippen molar-refractivity contribution < 1.29 is 23.9 Å². The number of quaternary nitrogens is 1. The average Bonchev–Trinajstić information content (AvgIpc) is 2.56. The molecule has 0 aromatic carbocycles. The molecule has 0 N–H and O–H groups in total. The van der Waals surface area contributed by atoms with Crippen LogP contribution in [-0.4, -0.2) is 50.2 Å². The summed E-state index contributed by atoms with van der Waals surface area (Å²) < 4.78 is 5.83. The first-order valence-corrected chi connectivity index (χ1v) is 10.4. The maximum absolute atomic E-state index is 11.9. The van der Waals surface area contributed by atoms with Crippen molar-refractivity contribution in [2.45, 2.75) is 70.8 Å². The molecule has 1 atom stereocenters. The Morgan fingerprint density at radius 2 is 1.50 bits per heavy atom. The number of aliphatic carboxylic acids is 1. The van der Waals surface area contributed by atoms with Gasteiger partial charge in [-0.15, -0.1) is 0 Å². The molecule has 0 radical (unpaired) electrons. The molecule has 0 saturated heterocycles. The van der Waals surface area contributed by atoms with Gasteiger partial charge in [-0.05, 0) is 32.1 Å². The minimum absolute atomic E-state index is 0.251. The monoisotopic (exact) mass is 393 g/mol. The van der Waals surface area contributed by atoms with Gasteiger partial charge in [-0.1, -0.05) is 56.2 Å². The molecular weight excluding hydrogens is 354 g/mol. The van der Waals surface area contributed by atoms with Crippen LogP contribution in [0.2, 0.25) is 0 Å². The van der Waals surface area contributed by atoms with Gasteiger partial charge in [0, 0.05) is 18.8 Å². The highest BCUT2D eigenvalue weighted by atomic mass is 16.5. The van der Waals surface area contributed by atoms with Crippen molar-refractivity contribution in [1.29, 1.82) is 0 Å². The predicted molar refractivity (Wildman–Crippen MR) is 112 cm³/mol. The van der Waals surface area contributed by atoms with Gasteiger partial charge in [0.2, 0.25) is 0 Å². The van der Waals surface area contributed by atoms with Gasteiger partial charge in [-0.3, -0.25) is 4.79 Å². The van der Waals surface area contributed by atoms with Crippen LogP contribution in [0.1, 0.15) is 64.7 Å². The molecule has 28 heavy (non-hydrogen) atoms. The van der Waals surface area contributed by atoms with Crippen molar-refractivity contribution in [2.75, 3.05) is 27.7 Å². The van der Waals surface area contributed by atoms with Crippen molar-refractivity contribution in [3.05, 3.63) is 36.5 Å². The number of nitrogens with zero attached hydrogens (tertiary/aromatic N) is 1. The number of esters is 1. The number of unbranched alkanes of at least 4 members (excludes halogenated alkanes) is 3. The topological polar surface area (TPSA) is 66.4 Å². The Balaban J connectivity index is 3.96. The van der Waals surface area contributed by atoms with Crippen molar-refractivity contribution in [2.24, 2.45) is 0 Å². The lowest BCUT2D eigenvalue weighted by molar-refractivity contribution is -0.873. The Morgan fingerprint density at radius 3 is 2.04 bits per heavy atom. The standard InChI is InChI=1S/C23H39NO4/c1-5-6-7-8-9-10-11-12-13-14-15-16-17-18-23(27)28-21(19-22(25)26)20-24(2,3)4/h9-10,12-13,15-16,21H,5-8,11,14,17-20H2,1-4H3/b10-9-,13-12-,16-15-/t21-/m1/s1. The van der Waals surface area contributed by atoms with E-state index in [4.69, 9.17) is 4.74 Å². The summed E-state index contributed by atoms with van der Waals surface area (Å²) in [7, 11) is 5.78. The lowest BCUT2D eigenvalue weighted by atomic mass is 10.2. The van der Waals surface area contributed by atoms with Gasteiger partial charge in [0.15, 0.2) is 6.10 Å². The Bertz CT molecular complexity index is 515. The lowest BCUT2D eigenvalue weighted by Gasteiger charge is -2.29. The number of rotatable bonds is 16. The molecule has 0 heterocycles. The van der Waals surface area contributed by atoms with Crippen molar-refractivity contribution in [3.63, 3.8) is 0 Å². The first-order chi connectivity index (χ1) is 13.2. The summed E-state index contributed by atoms with van der Waals surface area (Å²) in [5, 5.41) is 10.8. The fourth-order valence-electron chi connectivity index (χ4n) is 2.68. The van der Waals surface area contributed by atoms with Crippen LogP contribution in [0.15, 0.2) is 36.5 Å². The zero-order valence-corrected chi connectivity index (χ0v) is 18.2. The van der Waals surface area contributed by atoms with E-state index in [0.29, 0.717) is 17.4 Å². The van der Waals surface area contributed by atoms with Crippen LogP contribution >= 0.6 is 0 Å². The van der Waals surface area contributed by atoms with E-state index in [1.165, 1.54) is 19.3 Å². The second kappa shape index (κ2) is 16.1. The van der Waals surface area contributed by atoms with Crippen molar-refractivity contribution >= 4 is 11.9 Å². The summed E-state index contributed by atoms with van der Waals surface area (Å²) in [6.45, 7) is 2.65. The van der Waals surface area contributed by atoms with Crippen molar-refractivity contribution in [1.82, 2.24) is 0 Å². The third-order valence-corrected chi connectivity index (χ3v) is 3.98. The number of hydrogen-bond donors (Lipinski definition) is 0. The van der Waals surface area contributed by atoms with Crippen LogP contribution in [-0.2, 0) is 14.3 Å². The maximum atomic E-state index is 11.9. The molecule has 0 amide bonds. The first-order valence-electron chi connectivity index (χ1n) is 10.4. The molecule has 5 nitrogen and oxygen atoms in total. The highest BCUT2D eigenvalue weighted by Gasteiger charge is 2.22. The molecule has 160 valence electrons. The van der Waals surface area contributed by atoms with Crippen LogP contribution in [0.3, 0.4) is 0 Å². The quantitative estimate of drug-likeness (QED) is 0.174. The smallest absolute Gasteiger partial charge is 0.306 e. The van der Waals surface area contributed by atoms with Gasteiger partial charge in [-0.2, -0.15) is 0 Å². The molecule has 0 saturated carbocycles. The fraction of sp³-hybridized carbons (Fsp3) is 0.652. The van der Waals surface area contributed by atoms with Crippen LogP contribution in [0.4, 0.5) is 0 Å². The molecule has 5 heteroatoms. The van der Waals surface area contributed by atoms with Gasteiger partial charge in [0.1, 0.15) is 6.54 Å². The van der Waals surface area contributed by atoms with Crippen LogP contribution in [0.25, 0.3) is 0 Å². The number of hydrogen-bond acceptors (Lipinski definition) is 4. The van der Waals surface area contributed by atoms with Gasteiger partial charge in [0.05, 0.1) is 21.1 Å². The summed E-state index contributed by atoms with van der Waals surface area (Å²) in [4.78, 5) is 22.8. The Hall–Kier alpha value is -1.88. The van der Waals surface area contributed by atoms with E-state index in [2.05, 4.69) is 31.2 Å². The predicted octanol–water partition coefficient (Wildman–Crippen LogP) is 3.55. The number of allylic oxidation sites excluding steroid dienone is 6. The number of carbonyl (C=O) groups excluding carboxylic acids is 2. The van der Waals surface area contributed by atoms with E-state index >= 15 is 0 Å². The SMILES string of the molecule is CCCCC/C=C\C/C=C\C/C=C\CCC(=O)O[C@H](CC(=O)[O-])C[N+](C)(C)C. The summed E-state index contributed by atoms with van der Waals surface area (Å²) in [5.74, 6) is -1.57. The maximum Gasteiger partial charge on any atom is 0.306 e. The molecule has 0 bridgehead atoms.